The fourth-order valence-electron chi connectivity index (χ4n) is 1.81. The van der Waals surface area contributed by atoms with E-state index in [0.29, 0.717) is 24.6 Å². The van der Waals surface area contributed by atoms with E-state index in [4.69, 9.17) is 0 Å². The van der Waals surface area contributed by atoms with Gasteiger partial charge in [0.1, 0.15) is 4.90 Å². The number of aliphatic hydroxyl groups excluding tert-OH is 1. The lowest BCUT2D eigenvalue weighted by Gasteiger charge is -2.16. The van der Waals surface area contributed by atoms with Crippen molar-refractivity contribution in [2.24, 2.45) is 5.92 Å². The molecule has 0 saturated heterocycles. The van der Waals surface area contributed by atoms with E-state index in [1.165, 1.54) is 13.1 Å². The number of hydrogen-bond donors (Lipinski definition) is 3. The fourth-order valence-corrected chi connectivity index (χ4v) is 2.72. The van der Waals surface area contributed by atoms with Crippen molar-refractivity contribution in [3.63, 3.8) is 0 Å². The van der Waals surface area contributed by atoms with Crippen LogP contribution in [0, 0.1) is 5.92 Å². The first kappa shape index (κ1) is 15.9. The zero-order valence-corrected chi connectivity index (χ0v) is 12.4. The standard InChI is InChI=1S/C13H22N2O3S/c1-10(2)8-11(16)9-15-12-6-4-5-7-13(12)19(17,18)14-3/h4-7,10-11,14-16H,8-9H2,1-3H3. The first-order chi connectivity index (χ1) is 8.86. The van der Waals surface area contributed by atoms with Gasteiger partial charge in [-0.15, -0.1) is 0 Å². The normalized spacial score (nSPS) is 13.5. The van der Waals surface area contributed by atoms with Crippen LogP contribution in [0.3, 0.4) is 0 Å². The number of hydrogen-bond acceptors (Lipinski definition) is 4. The molecule has 0 radical (unpaired) electrons. The molecule has 0 amide bonds. The van der Waals surface area contributed by atoms with E-state index in [1.807, 2.05) is 13.8 Å². The monoisotopic (exact) mass is 286 g/mol. The summed E-state index contributed by atoms with van der Waals surface area (Å²) in [7, 11) is -2.12. The molecule has 1 aromatic carbocycles. The molecule has 1 atom stereocenters. The van der Waals surface area contributed by atoms with Crippen LogP contribution in [0.5, 0.6) is 0 Å². The average Bonchev–Trinajstić information content (AvgIpc) is 2.36. The summed E-state index contributed by atoms with van der Waals surface area (Å²) >= 11 is 0. The zero-order chi connectivity index (χ0) is 14.5. The summed E-state index contributed by atoms with van der Waals surface area (Å²) < 4.78 is 25.9. The maximum Gasteiger partial charge on any atom is 0.242 e. The summed E-state index contributed by atoms with van der Waals surface area (Å²) in [5.74, 6) is 0.396. The maximum atomic E-state index is 11.8. The van der Waals surface area contributed by atoms with Crippen molar-refractivity contribution in [1.29, 1.82) is 0 Å². The van der Waals surface area contributed by atoms with Gasteiger partial charge < -0.3 is 10.4 Å². The Morgan fingerprint density at radius 3 is 2.47 bits per heavy atom. The molecule has 0 spiro atoms. The number of anilines is 1. The summed E-state index contributed by atoms with van der Waals surface area (Å²) in [5.41, 5.74) is 0.500. The van der Waals surface area contributed by atoms with Crippen LogP contribution in [0.15, 0.2) is 29.2 Å². The number of sulfonamides is 1. The second kappa shape index (κ2) is 6.88. The van der Waals surface area contributed by atoms with Gasteiger partial charge in [-0.2, -0.15) is 0 Å². The van der Waals surface area contributed by atoms with Crippen molar-refractivity contribution < 1.29 is 13.5 Å². The predicted molar refractivity (Wildman–Crippen MR) is 76.6 cm³/mol. The van der Waals surface area contributed by atoms with Gasteiger partial charge in [0.15, 0.2) is 0 Å². The molecular formula is C13H22N2O3S. The lowest BCUT2D eigenvalue weighted by Crippen LogP contribution is -2.24. The van der Waals surface area contributed by atoms with Gasteiger partial charge in [-0.05, 0) is 31.5 Å². The van der Waals surface area contributed by atoms with E-state index in [0.717, 1.165) is 0 Å². The van der Waals surface area contributed by atoms with Crippen LogP contribution in [0.2, 0.25) is 0 Å². The number of nitrogens with one attached hydrogen (secondary N) is 2. The minimum Gasteiger partial charge on any atom is -0.391 e. The molecule has 6 heteroatoms. The molecule has 0 aliphatic heterocycles. The van der Waals surface area contributed by atoms with Crippen LogP contribution in [0.1, 0.15) is 20.3 Å². The third-order valence-corrected chi connectivity index (χ3v) is 4.19. The smallest absolute Gasteiger partial charge is 0.242 e. The van der Waals surface area contributed by atoms with Gasteiger partial charge in [-0.25, -0.2) is 13.1 Å². The number of rotatable bonds is 7. The highest BCUT2D eigenvalue weighted by molar-refractivity contribution is 7.89. The van der Waals surface area contributed by atoms with Crippen LogP contribution < -0.4 is 10.0 Å². The molecule has 19 heavy (non-hydrogen) atoms. The van der Waals surface area contributed by atoms with Crippen molar-refractivity contribution in [2.45, 2.75) is 31.3 Å². The summed E-state index contributed by atoms with van der Waals surface area (Å²) in [6, 6.07) is 6.64. The molecule has 0 heterocycles. The summed E-state index contributed by atoms with van der Waals surface area (Å²) in [4.78, 5) is 0.189. The van der Waals surface area contributed by atoms with Crippen molar-refractivity contribution >= 4 is 15.7 Å². The molecule has 1 unspecified atom stereocenters. The summed E-state index contributed by atoms with van der Waals surface area (Å²) in [6.45, 7) is 4.39. The van der Waals surface area contributed by atoms with E-state index in [-0.39, 0.29) is 4.90 Å². The number of benzene rings is 1. The van der Waals surface area contributed by atoms with Crippen LogP contribution >= 0.6 is 0 Å². The second-order valence-corrected chi connectivity index (χ2v) is 6.72. The van der Waals surface area contributed by atoms with E-state index in [9.17, 15) is 13.5 Å². The fraction of sp³-hybridized carbons (Fsp3) is 0.538. The molecule has 3 N–H and O–H groups in total. The van der Waals surface area contributed by atoms with Gasteiger partial charge in [-0.1, -0.05) is 26.0 Å². The van der Waals surface area contributed by atoms with Crippen molar-refractivity contribution in [2.75, 3.05) is 18.9 Å². The zero-order valence-electron chi connectivity index (χ0n) is 11.6. The Morgan fingerprint density at radius 1 is 1.26 bits per heavy atom. The minimum absolute atomic E-state index is 0.189. The van der Waals surface area contributed by atoms with Crippen molar-refractivity contribution in [1.82, 2.24) is 4.72 Å². The highest BCUT2D eigenvalue weighted by atomic mass is 32.2. The Bertz CT molecular complexity index is 500. The predicted octanol–water partition coefficient (Wildman–Crippen LogP) is 1.41. The lowest BCUT2D eigenvalue weighted by atomic mass is 10.1. The SMILES string of the molecule is CNS(=O)(=O)c1ccccc1NCC(O)CC(C)C. The highest BCUT2D eigenvalue weighted by Crippen LogP contribution is 2.20. The van der Waals surface area contributed by atoms with Crippen LogP contribution in [0.4, 0.5) is 5.69 Å². The number of para-hydroxylation sites is 1. The number of aliphatic hydroxyl groups is 1. The molecule has 0 saturated carbocycles. The molecule has 0 aromatic heterocycles. The van der Waals surface area contributed by atoms with Crippen molar-refractivity contribution in [3.8, 4) is 0 Å². The molecule has 1 rings (SSSR count). The van der Waals surface area contributed by atoms with Crippen LogP contribution in [-0.2, 0) is 10.0 Å². The third-order valence-electron chi connectivity index (χ3n) is 2.72. The first-order valence-electron chi connectivity index (χ1n) is 6.31. The summed E-state index contributed by atoms with van der Waals surface area (Å²) in [6.07, 6.45) is 0.179. The van der Waals surface area contributed by atoms with E-state index in [2.05, 4.69) is 10.0 Å². The first-order valence-corrected chi connectivity index (χ1v) is 7.79. The molecule has 0 aliphatic carbocycles. The Kier molecular flexibility index (Phi) is 5.78. The van der Waals surface area contributed by atoms with Gasteiger partial charge >= 0.3 is 0 Å². The summed E-state index contributed by atoms with van der Waals surface area (Å²) in [5, 5.41) is 12.8. The third kappa shape index (κ3) is 4.81. The van der Waals surface area contributed by atoms with E-state index in [1.54, 1.807) is 18.2 Å². The van der Waals surface area contributed by atoms with Gasteiger partial charge in [0.05, 0.1) is 11.8 Å². The van der Waals surface area contributed by atoms with E-state index >= 15 is 0 Å². The Hall–Kier alpha value is -1.11. The van der Waals surface area contributed by atoms with Gasteiger partial charge in [0.2, 0.25) is 10.0 Å². The topological polar surface area (TPSA) is 78.4 Å². The largest absolute Gasteiger partial charge is 0.391 e. The Morgan fingerprint density at radius 2 is 1.89 bits per heavy atom. The Balaban J connectivity index is 2.80. The average molecular weight is 286 g/mol. The molecule has 0 fully saturated rings. The van der Waals surface area contributed by atoms with Crippen LogP contribution in [0.25, 0.3) is 0 Å². The van der Waals surface area contributed by atoms with Gasteiger partial charge in [0, 0.05) is 6.54 Å². The van der Waals surface area contributed by atoms with Crippen molar-refractivity contribution in [3.05, 3.63) is 24.3 Å². The highest BCUT2D eigenvalue weighted by Gasteiger charge is 2.16. The van der Waals surface area contributed by atoms with Gasteiger partial charge in [0.25, 0.3) is 0 Å². The maximum absolute atomic E-state index is 11.8. The van der Waals surface area contributed by atoms with Gasteiger partial charge in [-0.3, -0.25) is 0 Å². The Labute approximate surface area is 115 Å². The quantitative estimate of drug-likeness (QED) is 0.708. The molecule has 108 valence electrons. The van der Waals surface area contributed by atoms with Crippen LogP contribution in [-0.4, -0.2) is 33.2 Å². The molecule has 5 nitrogen and oxygen atoms in total. The second-order valence-electron chi connectivity index (χ2n) is 4.87. The minimum atomic E-state index is -3.49. The van der Waals surface area contributed by atoms with E-state index < -0.39 is 16.1 Å². The molecule has 0 aliphatic rings. The molecule has 0 bridgehead atoms. The lowest BCUT2D eigenvalue weighted by molar-refractivity contribution is 0.161. The molecular weight excluding hydrogens is 264 g/mol. The molecule has 1 aromatic rings.